The molecule has 106 valence electrons. The van der Waals surface area contributed by atoms with Crippen molar-refractivity contribution in [2.75, 3.05) is 6.54 Å². The number of rotatable bonds is 6. The predicted octanol–water partition coefficient (Wildman–Crippen LogP) is 2.07. The van der Waals surface area contributed by atoms with Crippen molar-refractivity contribution in [2.24, 2.45) is 10.9 Å². The van der Waals surface area contributed by atoms with E-state index in [9.17, 15) is 0 Å². The minimum absolute atomic E-state index is 0.151. The lowest BCUT2D eigenvalue weighted by Crippen LogP contribution is -2.31. The molecule has 0 bridgehead atoms. The standard InChI is InChI=1S/C14H18N4OS/c1-10-9-20-13(17-10)8-16-7-12(14(15)18-19)11-5-3-2-4-6-11/h2-6,9,12,16,19H,7-8H2,1H3,(H2,15,18). The molecule has 0 radical (unpaired) electrons. The molecule has 0 saturated heterocycles. The van der Waals surface area contributed by atoms with Crippen LogP contribution in [0.1, 0.15) is 22.2 Å². The summed E-state index contributed by atoms with van der Waals surface area (Å²) in [7, 11) is 0. The van der Waals surface area contributed by atoms with Crippen LogP contribution in [0.25, 0.3) is 0 Å². The van der Waals surface area contributed by atoms with Gasteiger partial charge in [0.25, 0.3) is 0 Å². The Morgan fingerprint density at radius 2 is 2.20 bits per heavy atom. The first kappa shape index (κ1) is 14.5. The highest BCUT2D eigenvalue weighted by Gasteiger charge is 2.16. The topological polar surface area (TPSA) is 83.5 Å². The predicted molar refractivity (Wildman–Crippen MR) is 81.1 cm³/mol. The molecular weight excluding hydrogens is 272 g/mol. The van der Waals surface area contributed by atoms with E-state index >= 15 is 0 Å². The lowest BCUT2D eigenvalue weighted by atomic mass is 9.98. The first-order valence-electron chi connectivity index (χ1n) is 6.34. The molecule has 4 N–H and O–H groups in total. The maximum absolute atomic E-state index is 8.91. The summed E-state index contributed by atoms with van der Waals surface area (Å²) in [5.74, 6) is 0.0567. The van der Waals surface area contributed by atoms with E-state index in [0.717, 1.165) is 16.3 Å². The number of nitrogens with zero attached hydrogens (tertiary/aromatic N) is 2. The van der Waals surface area contributed by atoms with Gasteiger partial charge in [0.05, 0.1) is 5.92 Å². The van der Waals surface area contributed by atoms with Gasteiger partial charge in [0.15, 0.2) is 0 Å². The third-order valence-electron chi connectivity index (χ3n) is 2.97. The molecule has 1 unspecified atom stereocenters. The molecule has 0 aliphatic rings. The summed E-state index contributed by atoms with van der Waals surface area (Å²) in [6.45, 7) is 3.25. The van der Waals surface area contributed by atoms with Crippen LogP contribution in [-0.2, 0) is 6.54 Å². The normalized spacial score (nSPS) is 13.3. The van der Waals surface area contributed by atoms with E-state index < -0.39 is 0 Å². The van der Waals surface area contributed by atoms with E-state index in [0.29, 0.717) is 13.1 Å². The highest BCUT2D eigenvalue weighted by atomic mass is 32.1. The molecule has 0 amide bonds. The Morgan fingerprint density at radius 1 is 1.45 bits per heavy atom. The number of oxime groups is 1. The van der Waals surface area contributed by atoms with Crippen molar-refractivity contribution in [2.45, 2.75) is 19.4 Å². The lowest BCUT2D eigenvalue weighted by Gasteiger charge is -2.16. The Bertz CT molecular complexity index is 568. The fraction of sp³-hybridized carbons (Fsp3) is 0.286. The maximum Gasteiger partial charge on any atom is 0.147 e. The second kappa shape index (κ2) is 7.02. The van der Waals surface area contributed by atoms with Gasteiger partial charge < -0.3 is 16.3 Å². The Labute approximate surface area is 122 Å². The number of aromatic nitrogens is 1. The largest absolute Gasteiger partial charge is 0.409 e. The van der Waals surface area contributed by atoms with Crippen LogP contribution in [-0.4, -0.2) is 22.6 Å². The Morgan fingerprint density at radius 3 is 2.80 bits per heavy atom. The summed E-state index contributed by atoms with van der Waals surface area (Å²) in [5, 5.41) is 18.4. The third-order valence-corrected chi connectivity index (χ3v) is 3.93. The highest BCUT2D eigenvalue weighted by molar-refractivity contribution is 7.09. The van der Waals surface area contributed by atoms with Crippen molar-refractivity contribution in [1.29, 1.82) is 0 Å². The zero-order chi connectivity index (χ0) is 14.4. The molecular formula is C14H18N4OS. The van der Waals surface area contributed by atoms with Gasteiger partial charge in [-0.2, -0.15) is 0 Å². The van der Waals surface area contributed by atoms with E-state index in [2.05, 4.69) is 15.5 Å². The summed E-state index contributed by atoms with van der Waals surface area (Å²) in [6, 6.07) is 9.77. The SMILES string of the molecule is Cc1csc(CNCC(C(N)=NO)c2ccccc2)n1. The molecule has 1 atom stereocenters. The zero-order valence-corrected chi connectivity index (χ0v) is 12.1. The van der Waals surface area contributed by atoms with Crippen LogP contribution in [0, 0.1) is 6.92 Å². The minimum Gasteiger partial charge on any atom is -0.409 e. The van der Waals surface area contributed by atoms with Gasteiger partial charge in [-0.1, -0.05) is 35.5 Å². The number of amidine groups is 1. The van der Waals surface area contributed by atoms with Crippen LogP contribution in [0.4, 0.5) is 0 Å². The molecule has 1 aromatic carbocycles. The fourth-order valence-electron chi connectivity index (χ4n) is 1.96. The lowest BCUT2D eigenvalue weighted by molar-refractivity contribution is 0.315. The van der Waals surface area contributed by atoms with E-state index in [1.165, 1.54) is 0 Å². The van der Waals surface area contributed by atoms with Crippen molar-refractivity contribution >= 4 is 17.2 Å². The molecule has 0 fully saturated rings. The first-order valence-corrected chi connectivity index (χ1v) is 7.22. The summed E-state index contributed by atoms with van der Waals surface area (Å²) in [5.41, 5.74) is 7.83. The molecule has 0 saturated carbocycles. The van der Waals surface area contributed by atoms with Gasteiger partial charge in [-0.15, -0.1) is 11.3 Å². The summed E-state index contributed by atoms with van der Waals surface area (Å²) < 4.78 is 0. The quantitative estimate of drug-likeness (QED) is 0.329. The molecule has 1 heterocycles. The smallest absolute Gasteiger partial charge is 0.147 e. The second-order valence-electron chi connectivity index (χ2n) is 4.50. The van der Waals surface area contributed by atoms with Crippen LogP contribution in [0.3, 0.4) is 0 Å². The Hall–Kier alpha value is -1.92. The molecule has 0 aliphatic carbocycles. The fourth-order valence-corrected chi connectivity index (χ4v) is 2.70. The number of nitrogens with two attached hydrogens (primary N) is 1. The third kappa shape index (κ3) is 3.79. The van der Waals surface area contributed by atoms with Crippen molar-refractivity contribution < 1.29 is 5.21 Å². The number of benzene rings is 1. The number of hydrogen-bond acceptors (Lipinski definition) is 5. The molecule has 0 aliphatic heterocycles. The van der Waals surface area contributed by atoms with Crippen LogP contribution in [0.2, 0.25) is 0 Å². The van der Waals surface area contributed by atoms with Gasteiger partial charge in [-0.05, 0) is 12.5 Å². The van der Waals surface area contributed by atoms with E-state index in [4.69, 9.17) is 10.9 Å². The van der Waals surface area contributed by atoms with E-state index in [1.54, 1.807) is 11.3 Å². The van der Waals surface area contributed by atoms with Gasteiger partial charge in [0, 0.05) is 24.2 Å². The van der Waals surface area contributed by atoms with Crippen molar-refractivity contribution in [3.8, 4) is 0 Å². The van der Waals surface area contributed by atoms with E-state index in [1.807, 2.05) is 42.6 Å². The van der Waals surface area contributed by atoms with Gasteiger partial charge in [0.2, 0.25) is 0 Å². The van der Waals surface area contributed by atoms with Crippen molar-refractivity contribution in [3.05, 3.63) is 52.0 Å². The van der Waals surface area contributed by atoms with Crippen LogP contribution in [0.15, 0.2) is 40.9 Å². The highest BCUT2D eigenvalue weighted by Crippen LogP contribution is 2.15. The van der Waals surface area contributed by atoms with Gasteiger partial charge in [-0.25, -0.2) is 4.98 Å². The van der Waals surface area contributed by atoms with Crippen LogP contribution < -0.4 is 11.1 Å². The molecule has 2 rings (SSSR count). The average Bonchev–Trinajstić information content (AvgIpc) is 2.89. The monoisotopic (exact) mass is 290 g/mol. The number of aryl methyl sites for hydroxylation is 1. The van der Waals surface area contributed by atoms with Crippen LogP contribution >= 0.6 is 11.3 Å². The van der Waals surface area contributed by atoms with Gasteiger partial charge in [0.1, 0.15) is 10.8 Å². The molecule has 0 spiro atoms. The maximum atomic E-state index is 8.91. The first-order chi connectivity index (χ1) is 9.70. The van der Waals surface area contributed by atoms with Gasteiger partial charge >= 0.3 is 0 Å². The average molecular weight is 290 g/mol. The van der Waals surface area contributed by atoms with Gasteiger partial charge in [-0.3, -0.25) is 0 Å². The molecule has 1 aromatic heterocycles. The van der Waals surface area contributed by atoms with Crippen molar-refractivity contribution in [3.63, 3.8) is 0 Å². The molecule has 2 aromatic rings. The molecule has 6 heteroatoms. The number of thiazole rings is 1. The minimum atomic E-state index is -0.151. The number of nitrogens with one attached hydrogen (secondary N) is 1. The molecule has 5 nitrogen and oxygen atoms in total. The van der Waals surface area contributed by atoms with Crippen molar-refractivity contribution in [1.82, 2.24) is 10.3 Å². The summed E-state index contributed by atoms with van der Waals surface area (Å²) >= 11 is 1.63. The van der Waals surface area contributed by atoms with Crippen LogP contribution in [0.5, 0.6) is 0 Å². The molecule has 20 heavy (non-hydrogen) atoms. The zero-order valence-electron chi connectivity index (χ0n) is 11.3. The summed E-state index contributed by atoms with van der Waals surface area (Å²) in [6.07, 6.45) is 0. The Balaban J connectivity index is 1.98. The Kier molecular flexibility index (Phi) is 5.09. The second-order valence-corrected chi connectivity index (χ2v) is 5.44. The summed E-state index contributed by atoms with van der Waals surface area (Å²) in [4.78, 5) is 4.39. The number of hydrogen-bond donors (Lipinski definition) is 3. The van der Waals surface area contributed by atoms with E-state index in [-0.39, 0.29) is 11.8 Å².